The molecule has 20 heavy (non-hydrogen) atoms. The van der Waals surface area contributed by atoms with Gasteiger partial charge in [0.25, 0.3) is 5.56 Å². The van der Waals surface area contributed by atoms with E-state index in [9.17, 15) is 9.59 Å². The molecule has 0 aliphatic carbocycles. The Morgan fingerprint density at radius 1 is 1.45 bits per heavy atom. The molecule has 2 rings (SSSR count). The van der Waals surface area contributed by atoms with Crippen LogP contribution in [0.2, 0.25) is 0 Å². The van der Waals surface area contributed by atoms with Crippen molar-refractivity contribution in [3.8, 4) is 6.07 Å². The van der Waals surface area contributed by atoms with Crippen LogP contribution in [0.25, 0.3) is 11.0 Å². The van der Waals surface area contributed by atoms with Crippen molar-refractivity contribution in [1.82, 2.24) is 14.5 Å². The number of aromatic nitrogens is 2. The third-order valence-corrected chi connectivity index (χ3v) is 3.03. The highest BCUT2D eigenvalue weighted by Gasteiger charge is 2.12. The molecule has 0 radical (unpaired) electrons. The number of carbonyl (C=O) groups excluding carboxylic acids is 1. The number of para-hydroxylation sites is 2. The molecule has 0 fully saturated rings. The summed E-state index contributed by atoms with van der Waals surface area (Å²) in [5.74, 6) is -0.210. The number of benzene rings is 1. The molecule has 0 unspecified atom stereocenters. The van der Waals surface area contributed by atoms with E-state index in [1.165, 1.54) is 15.7 Å². The van der Waals surface area contributed by atoms with Gasteiger partial charge in [0.15, 0.2) is 0 Å². The summed E-state index contributed by atoms with van der Waals surface area (Å²) in [6, 6.07) is 9.15. The van der Waals surface area contributed by atoms with Crippen molar-refractivity contribution in [3.63, 3.8) is 0 Å². The number of nitriles is 1. The van der Waals surface area contributed by atoms with Crippen LogP contribution in [0.5, 0.6) is 0 Å². The largest absolute Gasteiger partial charge is 0.343 e. The first-order valence-corrected chi connectivity index (χ1v) is 6.19. The molecule has 1 amide bonds. The number of amides is 1. The molecule has 102 valence electrons. The number of likely N-dealkylation sites (N-methyl/N-ethyl adjacent to an activating group) is 1. The Labute approximate surface area is 115 Å². The molecule has 0 saturated carbocycles. The zero-order chi connectivity index (χ0) is 14.5. The van der Waals surface area contributed by atoms with Crippen molar-refractivity contribution in [2.24, 2.45) is 0 Å². The van der Waals surface area contributed by atoms with Crippen molar-refractivity contribution < 1.29 is 4.79 Å². The molecule has 0 bridgehead atoms. The van der Waals surface area contributed by atoms with Gasteiger partial charge >= 0.3 is 0 Å². The Morgan fingerprint density at radius 3 is 2.95 bits per heavy atom. The fourth-order valence-corrected chi connectivity index (χ4v) is 1.88. The normalized spacial score (nSPS) is 10.2. The third kappa shape index (κ3) is 2.83. The second-order valence-corrected chi connectivity index (χ2v) is 4.39. The molecular weight excluding hydrogens is 256 g/mol. The average Bonchev–Trinajstić information content (AvgIpc) is 2.47. The first-order chi connectivity index (χ1) is 9.63. The van der Waals surface area contributed by atoms with Crippen LogP contribution in [0.15, 0.2) is 35.3 Å². The molecule has 2 aromatic rings. The van der Waals surface area contributed by atoms with Crippen molar-refractivity contribution in [2.45, 2.75) is 13.0 Å². The van der Waals surface area contributed by atoms with Gasteiger partial charge in [-0.15, -0.1) is 0 Å². The van der Waals surface area contributed by atoms with Gasteiger partial charge in [-0.05, 0) is 12.1 Å². The lowest BCUT2D eigenvalue weighted by atomic mass is 10.3. The standard InChI is InChI=1S/C14H14N4O2/c1-17(8-4-7-15)14(20)10-18-12-6-3-2-5-11(12)16-9-13(18)19/h2-3,5-6,9H,4,8,10H2,1H3. The predicted molar refractivity (Wildman–Crippen MR) is 73.9 cm³/mol. The lowest BCUT2D eigenvalue weighted by Crippen LogP contribution is -2.34. The number of rotatable bonds is 4. The maximum absolute atomic E-state index is 12.1. The van der Waals surface area contributed by atoms with Crippen LogP contribution in [0.4, 0.5) is 0 Å². The number of fused-ring (bicyclic) bond motifs is 1. The van der Waals surface area contributed by atoms with E-state index in [1.54, 1.807) is 25.2 Å². The van der Waals surface area contributed by atoms with E-state index < -0.39 is 0 Å². The zero-order valence-corrected chi connectivity index (χ0v) is 11.1. The number of carbonyl (C=O) groups is 1. The van der Waals surface area contributed by atoms with Gasteiger partial charge in [-0.2, -0.15) is 5.26 Å². The smallest absolute Gasteiger partial charge is 0.269 e. The van der Waals surface area contributed by atoms with Crippen molar-refractivity contribution >= 4 is 16.9 Å². The number of nitrogens with zero attached hydrogens (tertiary/aromatic N) is 4. The van der Waals surface area contributed by atoms with E-state index >= 15 is 0 Å². The second-order valence-electron chi connectivity index (χ2n) is 4.39. The highest BCUT2D eigenvalue weighted by Crippen LogP contribution is 2.08. The highest BCUT2D eigenvalue weighted by atomic mass is 16.2. The van der Waals surface area contributed by atoms with Gasteiger partial charge in [-0.25, -0.2) is 4.98 Å². The van der Waals surface area contributed by atoms with E-state index in [2.05, 4.69) is 4.98 Å². The van der Waals surface area contributed by atoms with Crippen LogP contribution in [0.3, 0.4) is 0 Å². The number of hydrogen-bond acceptors (Lipinski definition) is 4. The third-order valence-electron chi connectivity index (χ3n) is 3.03. The summed E-state index contributed by atoms with van der Waals surface area (Å²) in [7, 11) is 1.62. The van der Waals surface area contributed by atoms with Gasteiger partial charge < -0.3 is 4.90 Å². The van der Waals surface area contributed by atoms with Crippen LogP contribution in [0.1, 0.15) is 6.42 Å². The van der Waals surface area contributed by atoms with E-state index in [1.807, 2.05) is 12.1 Å². The van der Waals surface area contributed by atoms with Gasteiger partial charge in [-0.3, -0.25) is 14.2 Å². The quantitative estimate of drug-likeness (QED) is 0.822. The summed E-state index contributed by atoms with van der Waals surface area (Å²) in [5.41, 5.74) is 0.979. The predicted octanol–water partition coefficient (Wildman–Crippen LogP) is 0.769. The van der Waals surface area contributed by atoms with Crippen LogP contribution in [-0.2, 0) is 11.3 Å². The monoisotopic (exact) mass is 270 g/mol. The lowest BCUT2D eigenvalue weighted by molar-refractivity contribution is -0.130. The van der Waals surface area contributed by atoms with Crippen molar-refractivity contribution in [1.29, 1.82) is 5.26 Å². The summed E-state index contributed by atoms with van der Waals surface area (Å²) in [5, 5.41) is 8.52. The minimum atomic E-state index is -0.314. The topological polar surface area (TPSA) is 79.0 Å². The summed E-state index contributed by atoms with van der Waals surface area (Å²) < 4.78 is 1.40. The number of hydrogen-bond donors (Lipinski definition) is 0. The Bertz CT molecular complexity index is 730. The lowest BCUT2D eigenvalue weighted by Gasteiger charge is -2.17. The van der Waals surface area contributed by atoms with Crippen LogP contribution < -0.4 is 5.56 Å². The summed E-state index contributed by atoms with van der Waals surface area (Å²) in [4.78, 5) is 29.4. The highest BCUT2D eigenvalue weighted by molar-refractivity contribution is 5.79. The minimum absolute atomic E-state index is 0.0518. The zero-order valence-electron chi connectivity index (χ0n) is 11.1. The van der Waals surface area contributed by atoms with Gasteiger partial charge in [0, 0.05) is 13.6 Å². The first-order valence-electron chi connectivity index (χ1n) is 6.19. The van der Waals surface area contributed by atoms with E-state index in [0.717, 1.165) is 0 Å². The van der Waals surface area contributed by atoms with Crippen LogP contribution in [0, 0.1) is 11.3 Å². The first kappa shape index (κ1) is 13.7. The molecule has 0 spiro atoms. The van der Waals surface area contributed by atoms with Gasteiger partial charge in [0.1, 0.15) is 6.54 Å². The maximum atomic E-state index is 12.1. The molecule has 6 heteroatoms. The molecular formula is C14H14N4O2. The van der Waals surface area contributed by atoms with Crippen LogP contribution in [-0.4, -0.2) is 34.0 Å². The molecule has 0 N–H and O–H groups in total. The Hall–Kier alpha value is -2.68. The molecule has 1 heterocycles. The molecule has 1 aromatic heterocycles. The second kappa shape index (κ2) is 5.97. The van der Waals surface area contributed by atoms with E-state index in [-0.39, 0.29) is 24.4 Å². The minimum Gasteiger partial charge on any atom is -0.343 e. The molecule has 0 atom stereocenters. The van der Waals surface area contributed by atoms with Crippen LogP contribution >= 0.6 is 0 Å². The van der Waals surface area contributed by atoms with Gasteiger partial charge in [0.05, 0.1) is 29.7 Å². The summed E-state index contributed by atoms with van der Waals surface area (Å²) in [6.07, 6.45) is 1.49. The van der Waals surface area contributed by atoms with E-state index in [0.29, 0.717) is 17.6 Å². The van der Waals surface area contributed by atoms with Crippen molar-refractivity contribution in [3.05, 3.63) is 40.8 Å². The molecule has 6 nitrogen and oxygen atoms in total. The Morgan fingerprint density at radius 2 is 2.20 bits per heavy atom. The Balaban J connectivity index is 2.30. The molecule has 0 aliphatic heterocycles. The molecule has 0 aliphatic rings. The molecule has 0 saturated heterocycles. The van der Waals surface area contributed by atoms with E-state index in [4.69, 9.17) is 5.26 Å². The maximum Gasteiger partial charge on any atom is 0.269 e. The fourth-order valence-electron chi connectivity index (χ4n) is 1.88. The summed E-state index contributed by atoms with van der Waals surface area (Å²) >= 11 is 0. The van der Waals surface area contributed by atoms with Crippen molar-refractivity contribution in [2.75, 3.05) is 13.6 Å². The van der Waals surface area contributed by atoms with Gasteiger partial charge in [0.2, 0.25) is 5.91 Å². The SMILES string of the molecule is CN(CCC#N)C(=O)Cn1c(=O)cnc2ccccc21. The average molecular weight is 270 g/mol. The summed E-state index contributed by atoms with van der Waals surface area (Å²) in [6.45, 7) is 0.302. The Kier molecular flexibility index (Phi) is 4.11. The van der Waals surface area contributed by atoms with Gasteiger partial charge in [-0.1, -0.05) is 12.1 Å². The fraction of sp³-hybridized carbons (Fsp3) is 0.286. The molecule has 1 aromatic carbocycles.